The van der Waals surface area contributed by atoms with E-state index in [0.29, 0.717) is 18.0 Å². The molecule has 1 saturated heterocycles. The molecule has 1 aromatic carbocycles. The van der Waals surface area contributed by atoms with E-state index in [9.17, 15) is 23.9 Å². The molecule has 0 radical (unpaired) electrons. The lowest BCUT2D eigenvalue weighted by molar-refractivity contribution is 0.0571. The molecule has 31 heavy (non-hydrogen) atoms. The van der Waals surface area contributed by atoms with Gasteiger partial charge in [-0.15, -0.1) is 0 Å². The van der Waals surface area contributed by atoms with Crippen molar-refractivity contribution in [3.8, 4) is 5.75 Å². The zero-order valence-corrected chi connectivity index (χ0v) is 17.4. The second-order valence-corrected chi connectivity index (χ2v) is 9.08. The highest BCUT2D eigenvalue weighted by atomic mass is 19.1. The van der Waals surface area contributed by atoms with E-state index < -0.39 is 22.9 Å². The highest BCUT2D eigenvalue weighted by Gasteiger charge is 2.62. The average molecular weight is 425 g/mol. The van der Waals surface area contributed by atoms with Gasteiger partial charge in [0.1, 0.15) is 11.4 Å². The van der Waals surface area contributed by atoms with Gasteiger partial charge in [0.05, 0.1) is 5.54 Å². The Kier molecular flexibility index (Phi) is 4.26. The Balaban J connectivity index is 1.51. The Morgan fingerprint density at radius 2 is 2.10 bits per heavy atom. The van der Waals surface area contributed by atoms with Crippen LogP contribution in [0.2, 0.25) is 0 Å². The van der Waals surface area contributed by atoms with Crippen LogP contribution in [-0.2, 0) is 12.1 Å². The number of aromatic nitrogens is 1. The van der Waals surface area contributed by atoms with Gasteiger partial charge in [0, 0.05) is 30.9 Å². The summed E-state index contributed by atoms with van der Waals surface area (Å²) in [5, 5.41) is 13.2. The summed E-state index contributed by atoms with van der Waals surface area (Å²) in [6, 6.07) is 4.72. The fraction of sp³-hybridized carbons (Fsp3) is 0.435. The molecule has 3 aliphatic rings. The van der Waals surface area contributed by atoms with Gasteiger partial charge in [0.15, 0.2) is 11.4 Å². The van der Waals surface area contributed by atoms with Crippen molar-refractivity contribution in [2.45, 2.75) is 51.2 Å². The van der Waals surface area contributed by atoms with Crippen LogP contribution >= 0.6 is 0 Å². The van der Waals surface area contributed by atoms with Crippen molar-refractivity contribution in [2.24, 2.45) is 5.92 Å². The Morgan fingerprint density at radius 1 is 1.32 bits per heavy atom. The summed E-state index contributed by atoms with van der Waals surface area (Å²) < 4.78 is 15.7. The molecule has 1 aromatic heterocycles. The van der Waals surface area contributed by atoms with E-state index in [1.54, 1.807) is 28.5 Å². The van der Waals surface area contributed by atoms with Crippen molar-refractivity contribution in [3.05, 3.63) is 62.8 Å². The molecule has 1 spiro atoms. The van der Waals surface area contributed by atoms with Crippen LogP contribution in [0.3, 0.4) is 0 Å². The van der Waals surface area contributed by atoms with E-state index in [1.165, 1.54) is 12.3 Å². The van der Waals surface area contributed by atoms with Crippen LogP contribution in [0, 0.1) is 18.7 Å². The normalized spacial score (nSPS) is 26.0. The zero-order valence-electron chi connectivity index (χ0n) is 17.4. The van der Waals surface area contributed by atoms with Gasteiger partial charge in [-0.2, -0.15) is 0 Å². The minimum atomic E-state index is -0.887. The van der Waals surface area contributed by atoms with E-state index in [4.69, 9.17) is 0 Å². The molecule has 2 amide bonds. The first kappa shape index (κ1) is 19.8. The van der Waals surface area contributed by atoms with Gasteiger partial charge in [-0.05, 0) is 50.7 Å². The Labute approximate surface area is 178 Å². The van der Waals surface area contributed by atoms with Crippen molar-refractivity contribution >= 4 is 11.8 Å². The molecule has 7 nitrogen and oxygen atoms in total. The van der Waals surface area contributed by atoms with Gasteiger partial charge in [0.2, 0.25) is 5.43 Å². The highest BCUT2D eigenvalue weighted by molar-refractivity contribution is 5.99. The summed E-state index contributed by atoms with van der Waals surface area (Å²) in [7, 11) is 0. The third-order valence-corrected chi connectivity index (χ3v) is 7.13. The molecule has 5 rings (SSSR count). The van der Waals surface area contributed by atoms with E-state index in [0.717, 1.165) is 24.8 Å². The SMILES string of the molecule is Cc1ccc(CNC(=O)c2cn3c(c(O)c2=O)C(=O)N2C[C@@]34C[C@@H]4CC[C@H]2C)c(F)c1. The number of nitrogens with zero attached hydrogens (tertiary/aromatic N) is 2. The number of carbonyl (C=O) groups is 2. The summed E-state index contributed by atoms with van der Waals surface area (Å²) in [4.78, 5) is 40.4. The van der Waals surface area contributed by atoms with Gasteiger partial charge in [-0.25, -0.2) is 4.39 Å². The van der Waals surface area contributed by atoms with Crippen LogP contribution in [0.25, 0.3) is 0 Å². The number of fused-ring (bicyclic) bond motifs is 2. The minimum absolute atomic E-state index is 0.0337. The maximum Gasteiger partial charge on any atom is 0.274 e. The number of carbonyl (C=O) groups excluding carboxylic acids is 2. The molecule has 3 atom stereocenters. The average Bonchev–Trinajstić information content (AvgIpc) is 3.44. The van der Waals surface area contributed by atoms with E-state index in [2.05, 4.69) is 5.32 Å². The monoisotopic (exact) mass is 425 g/mol. The quantitative estimate of drug-likeness (QED) is 0.789. The molecule has 162 valence electrons. The van der Waals surface area contributed by atoms with Crippen LogP contribution < -0.4 is 10.7 Å². The Bertz CT molecular complexity index is 1190. The first-order valence-corrected chi connectivity index (χ1v) is 10.6. The first-order chi connectivity index (χ1) is 14.7. The first-order valence-electron chi connectivity index (χ1n) is 10.6. The number of benzene rings is 1. The second-order valence-electron chi connectivity index (χ2n) is 9.08. The lowest BCUT2D eigenvalue weighted by Gasteiger charge is -2.39. The maximum absolute atomic E-state index is 14.1. The number of rotatable bonds is 3. The van der Waals surface area contributed by atoms with E-state index in [-0.39, 0.29) is 35.3 Å². The van der Waals surface area contributed by atoms with Gasteiger partial charge in [-0.3, -0.25) is 14.4 Å². The molecule has 8 heteroatoms. The van der Waals surface area contributed by atoms with Crippen molar-refractivity contribution in [3.63, 3.8) is 0 Å². The van der Waals surface area contributed by atoms with Crippen molar-refractivity contribution in [1.82, 2.24) is 14.8 Å². The van der Waals surface area contributed by atoms with E-state index in [1.807, 2.05) is 6.92 Å². The lowest BCUT2D eigenvalue weighted by atomic mass is 10.0. The van der Waals surface area contributed by atoms with Crippen molar-refractivity contribution in [2.75, 3.05) is 6.54 Å². The van der Waals surface area contributed by atoms with Gasteiger partial charge >= 0.3 is 0 Å². The third-order valence-electron chi connectivity index (χ3n) is 7.13. The van der Waals surface area contributed by atoms with Crippen LogP contribution in [0.4, 0.5) is 4.39 Å². The van der Waals surface area contributed by atoms with Crippen LogP contribution in [0.5, 0.6) is 5.75 Å². The number of hydrogen-bond donors (Lipinski definition) is 2. The predicted octanol–water partition coefficient (Wildman–Crippen LogP) is 2.28. The molecular formula is C23H24FN3O4. The minimum Gasteiger partial charge on any atom is -0.503 e. The van der Waals surface area contributed by atoms with Crippen LogP contribution in [0.1, 0.15) is 58.2 Å². The summed E-state index contributed by atoms with van der Waals surface area (Å²) >= 11 is 0. The molecule has 1 saturated carbocycles. The lowest BCUT2D eigenvalue weighted by Crippen LogP contribution is -2.51. The molecule has 1 aliphatic carbocycles. The number of pyridine rings is 1. The fourth-order valence-corrected chi connectivity index (χ4v) is 5.15. The zero-order chi connectivity index (χ0) is 22.1. The number of amides is 2. The molecule has 3 heterocycles. The maximum atomic E-state index is 14.1. The summed E-state index contributed by atoms with van der Waals surface area (Å²) in [6.45, 7) is 4.17. The number of nitrogens with one attached hydrogen (secondary N) is 1. The van der Waals surface area contributed by atoms with Crippen LogP contribution in [-0.4, -0.2) is 39.0 Å². The molecule has 2 aliphatic heterocycles. The largest absolute Gasteiger partial charge is 0.503 e. The third kappa shape index (κ3) is 2.88. The molecule has 2 fully saturated rings. The standard InChI is InChI=1S/C23H24FN3O4/c1-12-3-5-14(17(24)7-12)9-25-21(30)16-10-27-18(20(29)19(16)28)22(31)26-11-23(27)8-15(23)6-4-13(26)2/h3,5,7,10,13,15,29H,4,6,8-9,11H2,1-2H3,(H,25,30)/t13-,15+,23-/m1/s1. The van der Waals surface area contributed by atoms with E-state index >= 15 is 0 Å². The molecule has 2 N–H and O–H groups in total. The number of halogens is 1. The summed E-state index contributed by atoms with van der Waals surface area (Å²) in [5.41, 5.74) is -0.480. The molecule has 2 aromatic rings. The molecule has 0 unspecified atom stereocenters. The summed E-state index contributed by atoms with van der Waals surface area (Å²) in [6.07, 6.45) is 4.07. The van der Waals surface area contributed by atoms with Crippen molar-refractivity contribution < 1.29 is 19.1 Å². The molecular weight excluding hydrogens is 401 g/mol. The van der Waals surface area contributed by atoms with Gasteiger partial charge in [-0.1, -0.05) is 12.1 Å². The number of aryl methyl sites for hydroxylation is 1. The van der Waals surface area contributed by atoms with Crippen LogP contribution in [0.15, 0.2) is 29.2 Å². The Hall–Kier alpha value is -3.16. The van der Waals surface area contributed by atoms with Gasteiger partial charge < -0.3 is 19.9 Å². The molecule has 2 bridgehead atoms. The number of hydrogen-bond acceptors (Lipinski definition) is 4. The van der Waals surface area contributed by atoms with Gasteiger partial charge in [0.25, 0.3) is 11.8 Å². The predicted molar refractivity (Wildman–Crippen MR) is 110 cm³/mol. The Morgan fingerprint density at radius 3 is 2.84 bits per heavy atom. The van der Waals surface area contributed by atoms with Crippen molar-refractivity contribution in [1.29, 1.82) is 0 Å². The fourth-order valence-electron chi connectivity index (χ4n) is 5.15. The summed E-state index contributed by atoms with van der Waals surface area (Å²) in [5.74, 6) is -1.88. The topological polar surface area (TPSA) is 91.6 Å². The highest BCUT2D eigenvalue weighted by Crippen LogP contribution is 2.58. The smallest absolute Gasteiger partial charge is 0.274 e. The number of aromatic hydroxyl groups is 1. The second kappa shape index (κ2) is 6.67.